The highest BCUT2D eigenvalue weighted by Crippen LogP contribution is 2.27. The summed E-state index contributed by atoms with van der Waals surface area (Å²) < 4.78 is 13.9. The lowest BCUT2D eigenvalue weighted by Crippen LogP contribution is -2.33. The molecule has 4 N–H and O–H groups in total. The van der Waals surface area contributed by atoms with Gasteiger partial charge in [-0.15, -0.1) is 0 Å². The zero-order valence-electron chi connectivity index (χ0n) is 16.0. The van der Waals surface area contributed by atoms with E-state index in [4.69, 9.17) is 5.11 Å². The number of aromatic amines is 1. The molecule has 4 aromatic rings. The third kappa shape index (κ3) is 4.28. The molecule has 1 atom stereocenters. The summed E-state index contributed by atoms with van der Waals surface area (Å²) in [5, 5.41) is 21.7. The lowest BCUT2D eigenvalue weighted by molar-refractivity contribution is -0.123. The van der Waals surface area contributed by atoms with Crippen LogP contribution in [0, 0.1) is 5.95 Å². The van der Waals surface area contributed by atoms with Crippen LogP contribution in [0.15, 0.2) is 67.0 Å². The first-order valence-corrected chi connectivity index (χ1v) is 9.42. The lowest BCUT2D eigenvalue weighted by Gasteiger charge is -2.21. The quantitative estimate of drug-likeness (QED) is 0.379. The molecule has 2 heterocycles. The van der Waals surface area contributed by atoms with Gasteiger partial charge < -0.3 is 15.7 Å². The highest BCUT2D eigenvalue weighted by atomic mass is 19.1. The minimum Gasteiger partial charge on any atom is -0.387 e. The fraction of sp³-hybridized carbons (Fsp3) is 0.136. The first kappa shape index (κ1) is 19.5. The highest BCUT2D eigenvalue weighted by Gasteiger charge is 2.14. The number of halogens is 1. The van der Waals surface area contributed by atoms with Crippen LogP contribution in [-0.2, 0) is 4.79 Å². The number of carbonyl (C=O) groups excluding carboxylic acids is 1. The number of fused-ring (bicyclic) bond motifs is 1. The molecule has 152 valence electrons. The zero-order valence-corrected chi connectivity index (χ0v) is 16.0. The van der Waals surface area contributed by atoms with Crippen LogP contribution in [0.3, 0.4) is 0 Å². The third-order valence-corrected chi connectivity index (χ3v) is 4.77. The van der Waals surface area contributed by atoms with Crippen molar-refractivity contribution in [2.45, 2.75) is 6.04 Å². The van der Waals surface area contributed by atoms with Gasteiger partial charge in [0.2, 0.25) is 11.9 Å². The number of amides is 1. The van der Waals surface area contributed by atoms with Crippen LogP contribution in [0.25, 0.3) is 22.0 Å². The van der Waals surface area contributed by atoms with Crippen LogP contribution in [0.4, 0.5) is 10.1 Å². The smallest absolute Gasteiger partial charge is 0.245 e. The van der Waals surface area contributed by atoms with E-state index in [-0.39, 0.29) is 6.04 Å². The summed E-state index contributed by atoms with van der Waals surface area (Å²) in [6.45, 7) is -0.272. The van der Waals surface area contributed by atoms with Crippen LogP contribution in [0.2, 0.25) is 0 Å². The van der Waals surface area contributed by atoms with E-state index >= 15 is 0 Å². The van der Waals surface area contributed by atoms with Gasteiger partial charge in [-0.3, -0.25) is 14.9 Å². The number of anilines is 1. The molecule has 0 aliphatic rings. The number of aromatic nitrogens is 3. The monoisotopic (exact) mass is 405 g/mol. The minimum atomic E-state index is -0.564. The van der Waals surface area contributed by atoms with Crippen molar-refractivity contribution in [2.24, 2.45) is 0 Å². The van der Waals surface area contributed by atoms with Crippen molar-refractivity contribution in [2.75, 3.05) is 18.5 Å². The lowest BCUT2D eigenvalue weighted by atomic mass is 10.0. The number of aliphatic hydroxyl groups excluding tert-OH is 1. The number of nitrogens with one attached hydrogen (secondary N) is 3. The molecule has 2 aromatic carbocycles. The largest absolute Gasteiger partial charge is 0.387 e. The molecule has 0 saturated carbocycles. The Balaban J connectivity index is 1.60. The number of aliphatic hydroxyl groups is 1. The molecule has 30 heavy (non-hydrogen) atoms. The Hall–Kier alpha value is -3.78. The SMILES string of the molecule is O=C(CO)NC[C@H](Nc1cncc(-c2ccc3n[nH]c(F)c3c2)c1)c1ccccc1. The van der Waals surface area contributed by atoms with E-state index in [2.05, 4.69) is 25.8 Å². The second-order valence-electron chi connectivity index (χ2n) is 6.80. The number of hydrogen-bond acceptors (Lipinski definition) is 5. The van der Waals surface area contributed by atoms with Gasteiger partial charge in [0.05, 0.1) is 22.6 Å². The van der Waals surface area contributed by atoms with Crippen LogP contribution in [0.1, 0.15) is 11.6 Å². The predicted octanol–water partition coefficient (Wildman–Crippen LogP) is 3.03. The van der Waals surface area contributed by atoms with Gasteiger partial charge in [-0.05, 0) is 29.3 Å². The number of benzene rings is 2. The van der Waals surface area contributed by atoms with Crippen LogP contribution in [0.5, 0.6) is 0 Å². The van der Waals surface area contributed by atoms with E-state index in [9.17, 15) is 9.18 Å². The molecule has 8 heteroatoms. The molecular formula is C22H20FN5O2. The summed E-state index contributed by atoms with van der Waals surface area (Å²) >= 11 is 0. The molecule has 0 aliphatic heterocycles. The molecule has 0 aliphatic carbocycles. The van der Waals surface area contributed by atoms with Gasteiger partial charge in [0, 0.05) is 24.5 Å². The topological polar surface area (TPSA) is 103 Å². The van der Waals surface area contributed by atoms with E-state index in [1.54, 1.807) is 24.5 Å². The van der Waals surface area contributed by atoms with Gasteiger partial charge in [0.15, 0.2) is 0 Å². The normalized spacial score (nSPS) is 11.9. The molecule has 7 nitrogen and oxygen atoms in total. The average Bonchev–Trinajstić information content (AvgIpc) is 3.17. The molecule has 0 fully saturated rings. The van der Waals surface area contributed by atoms with E-state index in [1.807, 2.05) is 42.5 Å². The van der Waals surface area contributed by atoms with E-state index in [1.165, 1.54) is 0 Å². The van der Waals surface area contributed by atoms with Crippen molar-refractivity contribution in [3.05, 3.63) is 78.5 Å². The first-order chi connectivity index (χ1) is 14.6. The Morgan fingerprint density at radius 3 is 2.73 bits per heavy atom. The summed E-state index contributed by atoms with van der Waals surface area (Å²) in [5.74, 6) is -0.919. The van der Waals surface area contributed by atoms with Crippen LogP contribution in [-0.4, -0.2) is 39.3 Å². The van der Waals surface area contributed by atoms with Gasteiger partial charge >= 0.3 is 0 Å². The van der Waals surface area contributed by atoms with Gasteiger partial charge in [-0.1, -0.05) is 36.4 Å². The Morgan fingerprint density at radius 2 is 1.93 bits per heavy atom. The molecule has 0 bridgehead atoms. The first-order valence-electron chi connectivity index (χ1n) is 9.42. The van der Waals surface area contributed by atoms with Crippen molar-refractivity contribution >= 4 is 22.5 Å². The predicted molar refractivity (Wildman–Crippen MR) is 112 cm³/mol. The molecule has 0 radical (unpaired) electrons. The van der Waals surface area contributed by atoms with E-state index in [0.29, 0.717) is 17.4 Å². The standard InChI is InChI=1S/C22H20FN5O2/c23-22-18-9-15(6-7-19(18)27-28-22)16-8-17(11-24-10-16)26-20(12-25-21(30)13-29)14-4-2-1-3-5-14/h1-11,20,26,29H,12-13H2,(H,25,30)(H,27,28)/t20-/m0/s1. The van der Waals surface area contributed by atoms with Gasteiger partial charge in [-0.2, -0.15) is 9.49 Å². The number of hydrogen-bond donors (Lipinski definition) is 4. The maximum atomic E-state index is 13.9. The van der Waals surface area contributed by atoms with Crippen LogP contribution < -0.4 is 10.6 Å². The van der Waals surface area contributed by atoms with Crippen molar-refractivity contribution in [1.82, 2.24) is 20.5 Å². The van der Waals surface area contributed by atoms with Crippen molar-refractivity contribution in [1.29, 1.82) is 0 Å². The number of carbonyl (C=O) groups is 1. The zero-order chi connectivity index (χ0) is 20.9. The Morgan fingerprint density at radius 1 is 1.10 bits per heavy atom. The van der Waals surface area contributed by atoms with Crippen molar-refractivity contribution < 1.29 is 14.3 Å². The third-order valence-electron chi connectivity index (χ3n) is 4.77. The van der Waals surface area contributed by atoms with Crippen molar-refractivity contribution in [3.63, 3.8) is 0 Å². The molecule has 2 aromatic heterocycles. The van der Waals surface area contributed by atoms with E-state index < -0.39 is 18.5 Å². The fourth-order valence-electron chi connectivity index (χ4n) is 3.25. The molecule has 1 amide bonds. The summed E-state index contributed by atoms with van der Waals surface area (Å²) in [4.78, 5) is 15.8. The number of nitrogens with zero attached hydrogens (tertiary/aromatic N) is 2. The Bertz CT molecular complexity index is 1160. The van der Waals surface area contributed by atoms with Crippen LogP contribution >= 0.6 is 0 Å². The fourth-order valence-corrected chi connectivity index (χ4v) is 3.25. The van der Waals surface area contributed by atoms with Gasteiger partial charge in [0.25, 0.3) is 0 Å². The number of pyridine rings is 1. The Kier molecular flexibility index (Phi) is 5.67. The molecule has 4 rings (SSSR count). The van der Waals surface area contributed by atoms with Crippen molar-refractivity contribution in [3.8, 4) is 11.1 Å². The molecule has 0 spiro atoms. The average molecular weight is 405 g/mol. The number of rotatable bonds is 7. The Labute approximate surface area is 172 Å². The summed E-state index contributed by atoms with van der Waals surface area (Å²) in [6.07, 6.45) is 3.39. The van der Waals surface area contributed by atoms with E-state index in [0.717, 1.165) is 22.4 Å². The second-order valence-corrected chi connectivity index (χ2v) is 6.80. The molecule has 0 unspecified atom stereocenters. The maximum Gasteiger partial charge on any atom is 0.245 e. The highest BCUT2D eigenvalue weighted by molar-refractivity contribution is 5.84. The molecular weight excluding hydrogens is 385 g/mol. The summed E-state index contributed by atoms with van der Waals surface area (Å²) in [7, 11) is 0. The van der Waals surface area contributed by atoms with Gasteiger partial charge in [0.1, 0.15) is 6.61 Å². The minimum absolute atomic E-state index is 0.229. The van der Waals surface area contributed by atoms with Gasteiger partial charge in [-0.25, -0.2) is 0 Å². The number of H-pyrrole nitrogens is 1. The summed E-state index contributed by atoms with van der Waals surface area (Å²) in [5.41, 5.74) is 3.90. The second kappa shape index (κ2) is 8.71. The summed E-state index contributed by atoms with van der Waals surface area (Å²) in [6, 6.07) is 16.7. The maximum absolute atomic E-state index is 13.9. The molecule has 0 saturated heterocycles.